The molecule has 342 valence electrons. The lowest BCUT2D eigenvalue weighted by Gasteiger charge is -2.21. The van der Waals surface area contributed by atoms with E-state index in [4.69, 9.17) is 15.0 Å². The van der Waals surface area contributed by atoms with Crippen LogP contribution >= 0.6 is 0 Å². The maximum absolute atomic E-state index is 5.33. The monoisotopic (exact) mass is 930 g/mol. The van der Waals surface area contributed by atoms with Crippen LogP contribution in [-0.4, -0.2) is 19.5 Å². The predicted molar refractivity (Wildman–Crippen MR) is 303 cm³/mol. The molecular formula is C69H46N4. The topological polar surface area (TPSA) is 43.6 Å². The lowest BCUT2D eigenvalue weighted by atomic mass is 9.91. The van der Waals surface area contributed by atoms with Gasteiger partial charge in [-0.15, -0.1) is 0 Å². The summed E-state index contributed by atoms with van der Waals surface area (Å²) in [7, 11) is 0. The second-order valence-electron chi connectivity index (χ2n) is 18.3. The molecule has 0 saturated heterocycles. The van der Waals surface area contributed by atoms with Crippen LogP contribution < -0.4 is 0 Å². The number of hydrogen-bond acceptors (Lipinski definition) is 3. The molecule has 0 amide bonds. The third-order valence-corrected chi connectivity index (χ3v) is 13.9. The highest BCUT2D eigenvalue weighted by atomic mass is 15.0. The van der Waals surface area contributed by atoms with E-state index >= 15 is 0 Å². The van der Waals surface area contributed by atoms with E-state index < -0.39 is 0 Å². The highest BCUT2D eigenvalue weighted by Crippen LogP contribution is 2.48. The Balaban J connectivity index is 1.16. The minimum atomic E-state index is 0.587. The van der Waals surface area contributed by atoms with Gasteiger partial charge in [-0.2, -0.15) is 0 Å². The third kappa shape index (κ3) is 8.17. The van der Waals surface area contributed by atoms with Gasteiger partial charge in [-0.1, -0.05) is 255 Å². The van der Waals surface area contributed by atoms with Gasteiger partial charge < -0.3 is 4.57 Å². The lowest BCUT2D eigenvalue weighted by Crippen LogP contribution is -2.04. The summed E-state index contributed by atoms with van der Waals surface area (Å²) in [6, 6.07) is 99.4. The van der Waals surface area contributed by atoms with Crippen LogP contribution in [0.2, 0.25) is 0 Å². The van der Waals surface area contributed by atoms with Crippen molar-refractivity contribution in [3.05, 3.63) is 279 Å². The number of rotatable bonds is 10. The zero-order valence-electron chi connectivity index (χ0n) is 39.8. The summed E-state index contributed by atoms with van der Waals surface area (Å²) < 4.78 is 2.52. The average Bonchev–Trinajstić information content (AvgIpc) is 3.82. The van der Waals surface area contributed by atoms with E-state index in [0.29, 0.717) is 17.5 Å². The molecule has 13 rings (SSSR count). The van der Waals surface area contributed by atoms with E-state index in [-0.39, 0.29) is 0 Å². The van der Waals surface area contributed by atoms with Crippen molar-refractivity contribution in [2.75, 3.05) is 0 Å². The number of aromatic nitrogens is 4. The standard InChI is InChI=1S/C69H46N4/c1-7-21-47(22-8-1)49-37-41-53(42-38-49)60-45-57(69-71-67(55-29-15-5-16-30-55)70-68(72-69)56-31-17-6-18-32-56)46-61(54-43-39-50(40-44-54)48-23-9-2-10-24-48)66(60)73-62-35-19-33-58(51-25-11-3-12-26-51)64(62)65-59(34-20-36-63(65)73)52-27-13-4-14-28-52/h1-46H. The van der Waals surface area contributed by atoms with Gasteiger partial charge in [0, 0.05) is 38.6 Å². The quantitative estimate of drug-likeness (QED) is 0.137. The molecule has 4 nitrogen and oxygen atoms in total. The van der Waals surface area contributed by atoms with E-state index in [1.165, 1.54) is 33.0 Å². The fraction of sp³-hybridized carbons (Fsp3) is 0. The fourth-order valence-electron chi connectivity index (χ4n) is 10.4. The number of fused-ring (bicyclic) bond motifs is 3. The second-order valence-corrected chi connectivity index (χ2v) is 18.3. The molecule has 2 aromatic heterocycles. The average molecular weight is 931 g/mol. The summed E-state index contributed by atoms with van der Waals surface area (Å²) >= 11 is 0. The molecule has 0 bridgehead atoms. The Bertz CT molecular complexity index is 3800. The maximum Gasteiger partial charge on any atom is 0.164 e. The first-order chi connectivity index (χ1) is 36.2. The van der Waals surface area contributed by atoms with Gasteiger partial charge in [-0.3, -0.25) is 0 Å². The van der Waals surface area contributed by atoms with E-state index in [9.17, 15) is 0 Å². The zero-order valence-corrected chi connectivity index (χ0v) is 39.8. The van der Waals surface area contributed by atoms with Gasteiger partial charge in [0.2, 0.25) is 0 Å². The molecule has 0 fully saturated rings. The Morgan fingerprint density at radius 2 is 0.479 bits per heavy atom. The van der Waals surface area contributed by atoms with Crippen molar-refractivity contribution in [3.8, 4) is 107 Å². The first-order valence-electron chi connectivity index (χ1n) is 24.8. The minimum Gasteiger partial charge on any atom is -0.308 e. The van der Waals surface area contributed by atoms with Gasteiger partial charge in [0.1, 0.15) is 0 Å². The van der Waals surface area contributed by atoms with Crippen molar-refractivity contribution in [2.45, 2.75) is 0 Å². The molecule has 11 aromatic carbocycles. The largest absolute Gasteiger partial charge is 0.308 e. The van der Waals surface area contributed by atoms with Gasteiger partial charge in [0.25, 0.3) is 0 Å². The van der Waals surface area contributed by atoms with E-state index in [1.54, 1.807) is 0 Å². The van der Waals surface area contributed by atoms with Crippen molar-refractivity contribution in [1.82, 2.24) is 19.5 Å². The summed E-state index contributed by atoms with van der Waals surface area (Å²) in [5, 5.41) is 2.39. The molecule has 0 atom stereocenters. The van der Waals surface area contributed by atoms with Crippen molar-refractivity contribution >= 4 is 21.8 Å². The van der Waals surface area contributed by atoms with Crippen molar-refractivity contribution in [1.29, 1.82) is 0 Å². The molecule has 0 radical (unpaired) electrons. The molecule has 0 aliphatic rings. The Morgan fingerprint density at radius 1 is 0.205 bits per heavy atom. The summed E-state index contributed by atoms with van der Waals surface area (Å²) in [6.07, 6.45) is 0. The molecular weight excluding hydrogens is 885 g/mol. The van der Waals surface area contributed by atoms with E-state index in [0.717, 1.165) is 77.9 Å². The molecule has 2 heterocycles. The van der Waals surface area contributed by atoms with Gasteiger partial charge in [-0.25, -0.2) is 15.0 Å². The Morgan fingerprint density at radius 3 is 0.836 bits per heavy atom. The molecule has 13 aromatic rings. The summed E-state index contributed by atoms with van der Waals surface area (Å²) in [4.78, 5) is 15.8. The van der Waals surface area contributed by atoms with Crippen LogP contribution in [0.4, 0.5) is 0 Å². The van der Waals surface area contributed by atoms with Crippen LogP contribution in [0, 0.1) is 0 Å². The highest BCUT2D eigenvalue weighted by molar-refractivity contribution is 6.21. The van der Waals surface area contributed by atoms with E-state index in [2.05, 4.69) is 247 Å². The molecule has 0 spiro atoms. The number of benzene rings is 11. The van der Waals surface area contributed by atoms with Crippen LogP contribution in [0.3, 0.4) is 0 Å². The molecule has 0 N–H and O–H groups in total. The maximum atomic E-state index is 5.33. The fourth-order valence-corrected chi connectivity index (χ4v) is 10.4. The Hall–Kier alpha value is -9.77. The van der Waals surface area contributed by atoms with Crippen LogP contribution in [-0.2, 0) is 0 Å². The third-order valence-electron chi connectivity index (χ3n) is 13.9. The molecule has 0 aliphatic heterocycles. The van der Waals surface area contributed by atoms with Crippen LogP contribution in [0.1, 0.15) is 0 Å². The number of nitrogens with zero attached hydrogens (tertiary/aromatic N) is 4. The summed E-state index contributed by atoms with van der Waals surface area (Å²) in [5.41, 5.74) is 19.5. The van der Waals surface area contributed by atoms with Gasteiger partial charge in [0.05, 0.1) is 16.7 Å². The van der Waals surface area contributed by atoms with Gasteiger partial charge in [0.15, 0.2) is 17.5 Å². The lowest BCUT2D eigenvalue weighted by molar-refractivity contribution is 1.07. The molecule has 0 saturated carbocycles. The Kier molecular flexibility index (Phi) is 11.2. The van der Waals surface area contributed by atoms with Crippen molar-refractivity contribution in [3.63, 3.8) is 0 Å². The van der Waals surface area contributed by atoms with E-state index in [1.807, 2.05) is 36.4 Å². The number of hydrogen-bond donors (Lipinski definition) is 0. The van der Waals surface area contributed by atoms with Crippen LogP contribution in [0.15, 0.2) is 279 Å². The van der Waals surface area contributed by atoms with Gasteiger partial charge >= 0.3 is 0 Å². The first-order valence-corrected chi connectivity index (χ1v) is 24.8. The van der Waals surface area contributed by atoms with Crippen LogP contribution in [0.5, 0.6) is 0 Å². The second kappa shape index (κ2) is 18.9. The van der Waals surface area contributed by atoms with Crippen molar-refractivity contribution in [2.24, 2.45) is 0 Å². The predicted octanol–water partition coefficient (Wildman–Crippen LogP) is 18.0. The first kappa shape index (κ1) is 43.3. The molecule has 73 heavy (non-hydrogen) atoms. The minimum absolute atomic E-state index is 0.587. The van der Waals surface area contributed by atoms with Crippen molar-refractivity contribution < 1.29 is 0 Å². The smallest absolute Gasteiger partial charge is 0.164 e. The SMILES string of the molecule is c1ccc(-c2ccc(-c3cc(-c4nc(-c5ccccc5)nc(-c5ccccc5)n4)cc(-c4ccc(-c5ccccc5)cc4)c3-n3c4cccc(-c5ccccc5)c4c4c(-c5ccccc5)cccc43)cc2)cc1. The van der Waals surface area contributed by atoms with Gasteiger partial charge in [-0.05, 0) is 79.9 Å². The molecule has 0 aliphatic carbocycles. The zero-order chi connectivity index (χ0) is 48.5. The Labute approximate surface area is 424 Å². The highest BCUT2D eigenvalue weighted by Gasteiger charge is 2.26. The van der Waals surface area contributed by atoms with Crippen LogP contribution in [0.25, 0.3) is 128 Å². The molecule has 0 unspecified atom stereocenters. The summed E-state index contributed by atoms with van der Waals surface area (Å²) in [5.74, 6) is 1.81. The summed E-state index contributed by atoms with van der Waals surface area (Å²) in [6.45, 7) is 0. The molecule has 4 heteroatoms. The normalized spacial score (nSPS) is 11.3.